The number of aryl methyl sites for hydroxylation is 1. The number of hydrogen-bond donors (Lipinski definition) is 1. The lowest BCUT2D eigenvalue weighted by atomic mass is 9.81. The normalized spacial score (nSPS) is 26.6. The predicted molar refractivity (Wildman–Crippen MR) is 89.6 cm³/mol. The van der Waals surface area contributed by atoms with Crippen molar-refractivity contribution in [3.05, 3.63) is 23.9 Å². The van der Waals surface area contributed by atoms with Crippen LogP contribution in [0.3, 0.4) is 0 Å². The number of likely N-dealkylation sites (tertiary alicyclic amines) is 1. The summed E-state index contributed by atoms with van der Waals surface area (Å²) in [6.45, 7) is 2.66. The Balaban J connectivity index is 1.80. The minimum atomic E-state index is -0.903. The number of rotatable bonds is 5. The van der Waals surface area contributed by atoms with Gasteiger partial charge in [-0.3, -0.25) is 9.59 Å². The zero-order valence-electron chi connectivity index (χ0n) is 14.6. The molecule has 1 N–H and O–H groups in total. The lowest BCUT2D eigenvalue weighted by molar-refractivity contribution is -0.152. The molecule has 1 aliphatic carbocycles. The molecule has 7 heteroatoms. The van der Waals surface area contributed by atoms with Crippen LogP contribution in [0.4, 0.5) is 0 Å². The maximum atomic E-state index is 13.1. The Morgan fingerprint density at radius 2 is 2.04 bits per heavy atom. The average molecular weight is 347 g/mol. The fourth-order valence-corrected chi connectivity index (χ4v) is 3.75. The van der Waals surface area contributed by atoms with Crippen LogP contribution >= 0.6 is 0 Å². The van der Waals surface area contributed by atoms with Gasteiger partial charge in [0.15, 0.2) is 5.82 Å². The Labute approximate surface area is 147 Å². The molecule has 3 atom stereocenters. The first-order valence-electron chi connectivity index (χ1n) is 9.12. The van der Waals surface area contributed by atoms with Crippen molar-refractivity contribution in [2.45, 2.75) is 57.9 Å². The number of hydrogen-bond acceptors (Lipinski definition) is 5. The van der Waals surface area contributed by atoms with Gasteiger partial charge >= 0.3 is 5.97 Å². The first-order chi connectivity index (χ1) is 12.1. The Bertz CT molecular complexity index is 655. The number of aromatic nitrogens is 2. The van der Waals surface area contributed by atoms with Crippen molar-refractivity contribution in [2.75, 3.05) is 6.54 Å². The van der Waals surface area contributed by atoms with E-state index in [1.807, 2.05) is 12.2 Å². The van der Waals surface area contributed by atoms with Crippen molar-refractivity contribution >= 4 is 11.9 Å². The second-order valence-corrected chi connectivity index (χ2v) is 6.84. The molecule has 0 spiro atoms. The molecule has 0 unspecified atom stereocenters. The van der Waals surface area contributed by atoms with E-state index < -0.39 is 17.8 Å². The molecule has 136 valence electrons. The van der Waals surface area contributed by atoms with Crippen LogP contribution in [0, 0.1) is 11.8 Å². The van der Waals surface area contributed by atoms with Gasteiger partial charge in [-0.15, -0.1) is 0 Å². The third-order valence-electron chi connectivity index (χ3n) is 5.10. The minimum Gasteiger partial charge on any atom is -0.481 e. The Morgan fingerprint density at radius 1 is 1.28 bits per heavy atom. The number of carbonyl (C=O) groups excluding carboxylic acids is 1. The highest BCUT2D eigenvalue weighted by Gasteiger charge is 2.40. The smallest absolute Gasteiger partial charge is 0.307 e. The quantitative estimate of drug-likeness (QED) is 0.823. The highest BCUT2D eigenvalue weighted by atomic mass is 16.5. The highest BCUT2D eigenvalue weighted by Crippen LogP contribution is 2.35. The summed E-state index contributed by atoms with van der Waals surface area (Å²) in [6.07, 6.45) is 9.01. The number of nitrogens with zero attached hydrogens (tertiary/aromatic N) is 3. The van der Waals surface area contributed by atoms with Gasteiger partial charge in [-0.2, -0.15) is 4.98 Å². The molecule has 25 heavy (non-hydrogen) atoms. The molecule has 1 aromatic heterocycles. The van der Waals surface area contributed by atoms with E-state index in [0.717, 1.165) is 32.1 Å². The maximum Gasteiger partial charge on any atom is 0.307 e. The van der Waals surface area contributed by atoms with Crippen molar-refractivity contribution in [2.24, 2.45) is 11.8 Å². The number of carboxylic acid groups (broad SMARTS) is 1. The molecule has 2 heterocycles. The molecule has 0 radical (unpaired) electrons. The Kier molecular flexibility index (Phi) is 5.50. The van der Waals surface area contributed by atoms with Crippen molar-refractivity contribution in [3.63, 3.8) is 0 Å². The van der Waals surface area contributed by atoms with E-state index in [1.165, 1.54) is 0 Å². The largest absolute Gasteiger partial charge is 0.481 e. The number of allylic oxidation sites excluding steroid dienone is 2. The van der Waals surface area contributed by atoms with E-state index in [2.05, 4.69) is 17.1 Å². The van der Waals surface area contributed by atoms with E-state index in [-0.39, 0.29) is 11.9 Å². The van der Waals surface area contributed by atoms with Crippen molar-refractivity contribution < 1.29 is 19.2 Å². The second-order valence-electron chi connectivity index (χ2n) is 6.84. The zero-order valence-corrected chi connectivity index (χ0v) is 14.6. The molecular weight excluding hydrogens is 322 g/mol. The van der Waals surface area contributed by atoms with Gasteiger partial charge in [0, 0.05) is 13.0 Å². The number of carboxylic acids is 1. The lowest BCUT2D eigenvalue weighted by Gasteiger charge is -2.37. The minimum absolute atomic E-state index is 0.100. The van der Waals surface area contributed by atoms with Crippen LogP contribution < -0.4 is 0 Å². The van der Waals surface area contributed by atoms with Gasteiger partial charge in [0.1, 0.15) is 6.04 Å². The van der Waals surface area contributed by atoms with E-state index >= 15 is 0 Å². The predicted octanol–water partition coefficient (Wildman–Crippen LogP) is 2.74. The van der Waals surface area contributed by atoms with Crippen LogP contribution in [0.5, 0.6) is 0 Å². The molecule has 1 saturated heterocycles. The first kappa shape index (κ1) is 17.6. The fourth-order valence-electron chi connectivity index (χ4n) is 3.75. The van der Waals surface area contributed by atoms with Gasteiger partial charge in [-0.1, -0.05) is 24.2 Å². The molecule has 3 rings (SSSR count). The van der Waals surface area contributed by atoms with E-state index in [1.54, 1.807) is 4.90 Å². The molecule has 1 aliphatic heterocycles. The number of aliphatic carboxylic acids is 1. The van der Waals surface area contributed by atoms with Gasteiger partial charge in [0.05, 0.1) is 11.8 Å². The first-order valence-corrected chi connectivity index (χ1v) is 9.12. The van der Waals surface area contributed by atoms with Crippen molar-refractivity contribution in [3.8, 4) is 0 Å². The van der Waals surface area contributed by atoms with Crippen LogP contribution in [0.25, 0.3) is 0 Å². The monoisotopic (exact) mass is 347 g/mol. The maximum absolute atomic E-state index is 13.1. The molecule has 0 saturated carbocycles. The Hall–Kier alpha value is -2.18. The lowest BCUT2D eigenvalue weighted by Crippen LogP contribution is -2.45. The molecule has 2 aliphatic rings. The van der Waals surface area contributed by atoms with Gasteiger partial charge in [0.2, 0.25) is 11.8 Å². The van der Waals surface area contributed by atoms with Crippen molar-refractivity contribution in [1.82, 2.24) is 15.0 Å². The van der Waals surface area contributed by atoms with Crippen LogP contribution in [-0.4, -0.2) is 38.6 Å². The molecule has 1 aromatic rings. The molecular formula is C18H25N3O4. The van der Waals surface area contributed by atoms with Crippen LogP contribution in [0.2, 0.25) is 0 Å². The summed E-state index contributed by atoms with van der Waals surface area (Å²) in [7, 11) is 0. The number of amides is 1. The summed E-state index contributed by atoms with van der Waals surface area (Å²) in [5.41, 5.74) is 0. The molecule has 0 bridgehead atoms. The SMILES string of the molecule is CCCc1noc([C@@H]2CCCCN2C(=O)[C@@H]2CC=CC[C@H]2C(=O)O)n1. The summed E-state index contributed by atoms with van der Waals surface area (Å²) >= 11 is 0. The van der Waals surface area contributed by atoms with Crippen LogP contribution in [0.1, 0.15) is 63.2 Å². The summed E-state index contributed by atoms with van der Waals surface area (Å²) in [6, 6.07) is -0.236. The molecule has 0 aromatic carbocycles. The van der Waals surface area contributed by atoms with Gasteiger partial charge in [-0.05, 0) is 38.5 Å². The van der Waals surface area contributed by atoms with Crippen molar-refractivity contribution in [1.29, 1.82) is 0 Å². The second kappa shape index (κ2) is 7.80. The highest BCUT2D eigenvalue weighted by molar-refractivity contribution is 5.85. The topological polar surface area (TPSA) is 96.5 Å². The van der Waals surface area contributed by atoms with Crippen LogP contribution in [-0.2, 0) is 16.0 Å². The summed E-state index contributed by atoms with van der Waals surface area (Å²) in [5.74, 6) is -1.02. The number of carbonyl (C=O) groups is 2. The molecule has 1 fully saturated rings. The standard InChI is InChI=1S/C18H25N3O4/c1-2-7-15-19-16(25-20-15)14-10-5-6-11-21(14)17(22)12-8-3-4-9-13(12)18(23)24/h3-4,12-14H,2,5-11H2,1H3,(H,23,24)/t12-,13-,14+/m1/s1. The average Bonchev–Trinajstić information content (AvgIpc) is 3.10. The van der Waals surface area contributed by atoms with Gasteiger partial charge in [-0.25, -0.2) is 0 Å². The van der Waals surface area contributed by atoms with E-state index in [0.29, 0.717) is 31.1 Å². The third kappa shape index (κ3) is 3.75. The summed E-state index contributed by atoms with van der Waals surface area (Å²) < 4.78 is 5.41. The number of piperidine rings is 1. The van der Waals surface area contributed by atoms with Gasteiger partial charge < -0.3 is 14.5 Å². The summed E-state index contributed by atoms with van der Waals surface area (Å²) in [5, 5.41) is 13.5. The third-order valence-corrected chi connectivity index (χ3v) is 5.10. The van der Waals surface area contributed by atoms with E-state index in [9.17, 15) is 14.7 Å². The van der Waals surface area contributed by atoms with Gasteiger partial charge in [0.25, 0.3) is 0 Å². The summed E-state index contributed by atoms with van der Waals surface area (Å²) in [4.78, 5) is 30.9. The van der Waals surface area contributed by atoms with E-state index in [4.69, 9.17) is 4.52 Å². The Morgan fingerprint density at radius 3 is 2.76 bits per heavy atom. The molecule has 1 amide bonds. The molecule has 7 nitrogen and oxygen atoms in total. The van der Waals surface area contributed by atoms with Crippen LogP contribution in [0.15, 0.2) is 16.7 Å². The fraction of sp³-hybridized carbons (Fsp3) is 0.667. The zero-order chi connectivity index (χ0) is 17.8.